The number of esters is 1. The highest BCUT2D eigenvalue weighted by atomic mass is 79.9. The summed E-state index contributed by atoms with van der Waals surface area (Å²) < 4.78 is 7.48. The second kappa shape index (κ2) is 8.11. The lowest BCUT2D eigenvalue weighted by Crippen LogP contribution is -2.45. The van der Waals surface area contributed by atoms with Gasteiger partial charge in [0.15, 0.2) is 10.8 Å². The Balaban J connectivity index is 2.13. The third-order valence-electron chi connectivity index (χ3n) is 4.11. The quantitative estimate of drug-likeness (QED) is 0.458. The van der Waals surface area contributed by atoms with E-state index in [-0.39, 0.29) is 23.0 Å². The van der Waals surface area contributed by atoms with Crippen molar-refractivity contribution in [2.45, 2.75) is 19.9 Å². The van der Waals surface area contributed by atoms with Crippen molar-refractivity contribution in [3.8, 4) is 5.69 Å². The first-order valence-corrected chi connectivity index (χ1v) is 9.56. The molecule has 1 aromatic carbocycles. The maximum atomic E-state index is 12.5. The molecule has 2 aromatic rings. The van der Waals surface area contributed by atoms with Gasteiger partial charge >= 0.3 is 11.9 Å². The average molecular weight is 465 g/mol. The number of hydrogen-bond acceptors (Lipinski definition) is 5. The van der Waals surface area contributed by atoms with Crippen molar-refractivity contribution in [1.29, 1.82) is 0 Å². The monoisotopic (exact) mass is 464 g/mol. The molecule has 0 spiro atoms. The molecule has 146 valence electrons. The molecule has 10 heteroatoms. The van der Waals surface area contributed by atoms with Crippen LogP contribution in [0.25, 0.3) is 5.69 Å². The topological polar surface area (TPSA) is 105 Å². The third kappa shape index (κ3) is 3.92. The molecule has 0 unspecified atom stereocenters. The molecule has 8 nitrogen and oxygen atoms in total. The van der Waals surface area contributed by atoms with Crippen molar-refractivity contribution in [2.24, 2.45) is 0 Å². The summed E-state index contributed by atoms with van der Waals surface area (Å²) in [5.41, 5.74) is 1.56. The van der Waals surface area contributed by atoms with Crippen LogP contribution in [-0.2, 0) is 9.53 Å². The molecule has 0 radical (unpaired) electrons. The van der Waals surface area contributed by atoms with E-state index in [9.17, 15) is 14.7 Å². The highest BCUT2D eigenvalue weighted by Crippen LogP contribution is 2.30. The van der Waals surface area contributed by atoms with Crippen LogP contribution in [0, 0.1) is 0 Å². The lowest BCUT2D eigenvalue weighted by atomic mass is 9.96. The van der Waals surface area contributed by atoms with Crippen LogP contribution < -0.4 is 10.6 Å². The van der Waals surface area contributed by atoms with Gasteiger partial charge in [-0.3, -0.25) is 0 Å². The summed E-state index contributed by atoms with van der Waals surface area (Å²) >= 11 is 8.56. The Kier molecular flexibility index (Phi) is 5.80. The van der Waals surface area contributed by atoms with Crippen molar-refractivity contribution in [2.75, 3.05) is 6.61 Å². The van der Waals surface area contributed by atoms with Gasteiger partial charge < -0.3 is 20.5 Å². The first-order valence-electron chi connectivity index (χ1n) is 8.36. The summed E-state index contributed by atoms with van der Waals surface area (Å²) in [5.74, 6) is -1.77. The Bertz CT molecular complexity index is 984. The molecule has 1 aliphatic heterocycles. The number of benzene rings is 1. The molecule has 28 heavy (non-hydrogen) atoms. The number of ether oxygens (including phenoxy) is 1. The van der Waals surface area contributed by atoms with Gasteiger partial charge in [0.1, 0.15) is 0 Å². The molecule has 1 aromatic heterocycles. The van der Waals surface area contributed by atoms with Crippen molar-refractivity contribution >= 4 is 45.2 Å². The summed E-state index contributed by atoms with van der Waals surface area (Å²) in [5, 5.41) is 20.0. The first-order chi connectivity index (χ1) is 13.3. The van der Waals surface area contributed by atoms with Crippen LogP contribution in [0.15, 0.2) is 46.2 Å². The summed E-state index contributed by atoms with van der Waals surface area (Å²) in [4.78, 5) is 24.3. The second-order valence-corrected chi connectivity index (χ2v) is 7.27. The highest BCUT2D eigenvalue weighted by molar-refractivity contribution is 9.10. The Morgan fingerprint density at radius 1 is 1.36 bits per heavy atom. The zero-order valence-corrected chi connectivity index (χ0v) is 17.4. The van der Waals surface area contributed by atoms with Crippen LogP contribution in [0.1, 0.15) is 35.9 Å². The predicted molar refractivity (Wildman–Crippen MR) is 109 cm³/mol. The maximum Gasteiger partial charge on any atom is 0.356 e. The number of thiocarbonyl (C=S) groups is 1. The number of rotatable bonds is 5. The Labute approximate surface area is 174 Å². The smallest absolute Gasteiger partial charge is 0.356 e. The first kappa shape index (κ1) is 20.0. The van der Waals surface area contributed by atoms with Crippen molar-refractivity contribution in [3.05, 3.63) is 57.5 Å². The molecule has 0 amide bonds. The fourth-order valence-electron chi connectivity index (χ4n) is 2.90. The van der Waals surface area contributed by atoms with Crippen molar-refractivity contribution in [3.63, 3.8) is 0 Å². The second-order valence-electron chi connectivity index (χ2n) is 5.95. The number of hydrogen-bond donors (Lipinski definition) is 3. The summed E-state index contributed by atoms with van der Waals surface area (Å²) in [7, 11) is 0. The minimum atomic E-state index is -1.21. The number of carbonyl (C=O) groups is 2. The average Bonchev–Trinajstić information content (AvgIpc) is 3.07. The van der Waals surface area contributed by atoms with E-state index in [0.717, 1.165) is 4.47 Å². The molecular weight excluding hydrogens is 448 g/mol. The summed E-state index contributed by atoms with van der Waals surface area (Å²) in [6, 6.07) is 6.43. The molecule has 0 saturated heterocycles. The normalized spacial score (nSPS) is 16.4. The van der Waals surface area contributed by atoms with E-state index in [1.165, 1.54) is 4.68 Å². The number of allylic oxidation sites excluding steroid dienone is 1. The van der Waals surface area contributed by atoms with Crippen molar-refractivity contribution < 1.29 is 19.4 Å². The fourth-order valence-corrected chi connectivity index (χ4v) is 3.43. The zero-order valence-electron chi connectivity index (χ0n) is 15.0. The lowest BCUT2D eigenvalue weighted by molar-refractivity contribution is -0.139. The number of nitrogens with zero attached hydrogens (tertiary/aromatic N) is 2. The molecule has 3 N–H and O–H groups in total. The number of aromatic nitrogens is 2. The summed E-state index contributed by atoms with van der Waals surface area (Å²) in [6.45, 7) is 3.58. The molecule has 1 atom stereocenters. The van der Waals surface area contributed by atoms with Gasteiger partial charge in [-0.25, -0.2) is 14.3 Å². The fraction of sp³-hybridized carbons (Fsp3) is 0.222. The van der Waals surface area contributed by atoms with Crippen molar-refractivity contribution in [1.82, 2.24) is 20.4 Å². The van der Waals surface area contributed by atoms with Crippen LogP contribution in [-0.4, -0.2) is 38.5 Å². The van der Waals surface area contributed by atoms with Gasteiger partial charge in [0.2, 0.25) is 0 Å². The number of carbonyl (C=O) groups excluding carboxylic acids is 1. The predicted octanol–water partition coefficient (Wildman–Crippen LogP) is 2.69. The third-order valence-corrected chi connectivity index (χ3v) is 4.86. The van der Waals surface area contributed by atoms with E-state index in [0.29, 0.717) is 16.9 Å². The van der Waals surface area contributed by atoms with Crippen LogP contribution in [0.5, 0.6) is 0 Å². The van der Waals surface area contributed by atoms with E-state index in [1.54, 1.807) is 32.2 Å². The standard InChI is InChI=1S/C18H17BrN4O4S/c1-3-27-17(26)13-9(2)20-18(28)21-14(13)12-8-23(22-15(12)16(24)25)11-6-4-10(19)5-7-11/h4-8,14H,3H2,1-2H3,(H,24,25)(H2,20,21,28)/t14-/m0/s1. The minimum Gasteiger partial charge on any atom is -0.476 e. The summed E-state index contributed by atoms with van der Waals surface area (Å²) in [6.07, 6.45) is 1.57. The minimum absolute atomic E-state index is 0.181. The number of carboxylic acids is 1. The Morgan fingerprint density at radius 2 is 2.04 bits per heavy atom. The van der Waals surface area contributed by atoms with Gasteiger partial charge in [0.05, 0.1) is 23.9 Å². The van der Waals surface area contributed by atoms with Crippen LogP contribution in [0.4, 0.5) is 0 Å². The van der Waals surface area contributed by atoms with Gasteiger partial charge in [-0.2, -0.15) is 5.10 Å². The number of carboxylic acid groups (broad SMARTS) is 1. The van der Waals surface area contributed by atoms with Gasteiger partial charge in [0, 0.05) is 21.9 Å². The maximum absolute atomic E-state index is 12.5. The van der Waals surface area contributed by atoms with Gasteiger partial charge in [-0.1, -0.05) is 15.9 Å². The number of halogens is 1. The highest BCUT2D eigenvalue weighted by Gasteiger charge is 2.35. The number of nitrogens with one attached hydrogen (secondary N) is 2. The molecule has 0 fully saturated rings. The van der Waals surface area contributed by atoms with E-state index in [1.807, 2.05) is 12.1 Å². The molecule has 2 heterocycles. The Hall–Kier alpha value is -2.72. The van der Waals surface area contributed by atoms with Gasteiger partial charge in [-0.05, 0) is 50.3 Å². The number of aromatic carboxylic acids is 1. The molecule has 0 bridgehead atoms. The van der Waals surface area contributed by atoms with Gasteiger partial charge in [-0.15, -0.1) is 0 Å². The molecule has 1 aliphatic rings. The van der Waals surface area contributed by atoms with E-state index < -0.39 is 18.0 Å². The van der Waals surface area contributed by atoms with Crippen LogP contribution >= 0.6 is 28.1 Å². The van der Waals surface area contributed by atoms with E-state index in [2.05, 4.69) is 31.7 Å². The van der Waals surface area contributed by atoms with E-state index >= 15 is 0 Å². The SMILES string of the molecule is CCOC(=O)C1=C(C)NC(=S)N[C@H]1c1cn(-c2ccc(Br)cc2)nc1C(=O)O. The van der Waals surface area contributed by atoms with Gasteiger partial charge in [0.25, 0.3) is 0 Å². The Morgan fingerprint density at radius 3 is 2.64 bits per heavy atom. The van der Waals surface area contributed by atoms with Crippen LogP contribution in [0.3, 0.4) is 0 Å². The molecule has 0 saturated carbocycles. The van der Waals surface area contributed by atoms with E-state index in [4.69, 9.17) is 17.0 Å². The molecule has 0 aliphatic carbocycles. The zero-order chi connectivity index (χ0) is 20.4. The molecule has 3 rings (SSSR count). The molecular formula is C18H17BrN4O4S. The lowest BCUT2D eigenvalue weighted by Gasteiger charge is -2.29. The van der Waals surface area contributed by atoms with Crippen LogP contribution in [0.2, 0.25) is 0 Å². The largest absolute Gasteiger partial charge is 0.476 e.